The van der Waals surface area contributed by atoms with E-state index in [0.29, 0.717) is 22.3 Å². The number of imide groups is 1. The van der Waals surface area contributed by atoms with Gasteiger partial charge >= 0.3 is 0 Å². The molecule has 9 heteroatoms. The van der Waals surface area contributed by atoms with E-state index < -0.39 is 0 Å². The summed E-state index contributed by atoms with van der Waals surface area (Å²) in [5.41, 5.74) is 0.823. The monoisotopic (exact) mass is 416 g/mol. The first kappa shape index (κ1) is 18.0. The minimum absolute atomic E-state index is 0.262. The van der Waals surface area contributed by atoms with Gasteiger partial charge in [-0.2, -0.15) is 0 Å². The minimum Gasteiger partial charge on any atom is -0.368 e. The molecule has 0 unspecified atom stereocenters. The smallest absolute Gasteiger partial charge is 0.293 e. The number of carbonyl (C=O) groups is 2. The molecule has 4 rings (SSSR count). The van der Waals surface area contributed by atoms with Crippen molar-refractivity contribution in [1.29, 1.82) is 0 Å². The molecule has 0 aliphatic carbocycles. The van der Waals surface area contributed by atoms with Gasteiger partial charge in [0.05, 0.1) is 10.3 Å². The van der Waals surface area contributed by atoms with Gasteiger partial charge < -0.3 is 5.32 Å². The van der Waals surface area contributed by atoms with Crippen LogP contribution in [0, 0.1) is 0 Å². The number of aromatic nitrogens is 2. The van der Waals surface area contributed by atoms with E-state index in [9.17, 15) is 9.59 Å². The molecule has 0 saturated carbocycles. The number of anilines is 1. The van der Waals surface area contributed by atoms with Crippen LogP contribution in [0.5, 0.6) is 0 Å². The number of amides is 2. The molecule has 1 saturated heterocycles. The number of benzene rings is 1. The maximum Gasteiger partial charge on any atom is 0.293 e. The predicted octanol–water partition coefficient (Wildman–Crippen LogP) is 4.49. The summed E-state index contributed by atoms with van der Waals surface area (Å²) in [6.07, 6.45) is 3.20. The largest absolute Gasteiger partial charge is 0.368 e. The van der Waals surface area contributed by atoms with E-state index in [0.717, 1.165) is 27.5 Å². The van der Waals surface area contributed by atoms with E-state index in [4.69, 9.17) is 11.6 Å². The second-order valence-corrected chi connectivity index (χ2v) is 8.00. The summed E-state index contributed by atoms with van der Waals surface area (Å²) < 4.78 is 0. The van der Waals surface area contributed by atoms with Crippen molar-refractivity contribution < 1.29 is 9.59 Å². The van der Waals surface area contributed by atoms with Crippen LogP contribution < -0.4 is 5.32 Å². The topological polar surface area (TPSA) is 75.2 Å². The summed E-state index contributed by atoms with van der Waals surface area (Å²) in [6.45, 7) is 0.673. The first-order valence-electron chi connectivity index (χ1n) is 8.05. The molecule has 0 atom stereocenters. The molecule has 2 amide bonds. The van der Waals surface area contributed by atoms with Crippen LogP contribution in [0.4, 0.5) is 10.6 Å². The Kier molecular flexibility index (Phi) is 5.11. The molecular formula is C18H13ClN4O2S2. The number of thioether (sulfide) groups is 1. The Bertz CT molecular complexity index is 1050. The normalized spacial score (nSPS) is 15.9. The van der Waals surface area contributed by atoms with Crippen molar-refractivity contribution in [3.8, 4) is 0 Å². The second-order valence-electron chi connectivity index (χ2n) is 5.67. The third-order valence-electron chi connectivity index (χ3n) is 3.93. The summed E-state index contributed by atoms with van der Waals surface area (Å²) in [4.78, 5) is 35.7. The first-order valence-corrected chi connectivity index (χ1v) is 10.1. The highest BCUT2D eigenvalue weighted by atomic mass is 35.5. The zero-order valence-electron chi connectivity index (χ0n) is 13.9. The number of nitrogens with zero attached hydrogens (tertiary/aromatic N) is 3. The number of fused-ring (bicyclic) bond motifs is 1. The van der Waals surface area contributed by atoms with E-state index >= 15 is 0 Å². The third-order valence-corrected chi connectivity index (χ3v) is 5.91. The Balaban J connectivity index is 1.42. The lowest BCUT2D eigenvalue weighted by molar-refractivity contribution is -0.122. The standard InChI is InChI=1S/C18H13ClN4O2S2/c19-12-3-1-11(2-4-12)9-14-17(24)23(18(25)27-14)7-6-20-15-13-5-8-26-16(13)22-10-21-15/h1-5,8-10H,6-7H2,(H,20,21,22)/b14-9+. The van der Waals surface area contributed by atoms with Crippen LogP contribution in [-0.2, 0) is 4.79 Å². The Hall–Kier alpha value is -2.42. The maximum atomic E-state index is 12.5. The lowest BCUT2D eigenvalue weighted by atomic mass is 10.2. The van der Waals surface area contributed by atoms with Gasteiger partial charge in [0.1, 0.15) is 17.0 Å². The molecule has 1 aromatic carbocycles. The molecule has 0 radical (unpaired) electrons. The van der Waals surface area contributed by atoms with E-state index in [1.165, 1.54) is 22.6 Å². The molecule has 2 aromatic heterocycles. The van der Waals surface area contributed by atoms with Gasteiger partial charge in [-0.3, -0.25) is 14.5 Å². The highest BCUT2D eigenvalue weighted by Crippen LogP contribution is 2.32. The lowest BCUT2D eigenvalue weighted by Gasteiger charge is -2.13. The van der Waals surface area contributed by atoms with Gasteiger partial charge in [-0.05, 0) is 47.0 Å². The van der Waals surface area contributed by atoms with Gasteiger partial charge in [-0.25, -0.2) is 9.97 Å². The fourth-order valence-corrected chi connectivity index (χ4v) is 4.34. The van der Waals surface area contributed by atoms with Crippen molar-refractivity contribution in [3.05, 3.63) is 57.5 Å². The number of halogens is 1. The maximum absolute atomic E-state index is 12.5. The Morgan fingerprint density at radius 3 is 2.78 bits per heavy atom. The predicted molar refractivity (Wildman–Crippen MR) is 110 cm³/mol. The minimum atomic E-state index is -0.287. The lowest BCUT2D eigenvalue weighted by Crippen LogP contribution is -2.33. The molecule has 27 heavy (non-hydrogen) atoms. The summed E-state index contributed by atoms with van der Waals surface area (Å²) in [6, 6.07) is 9.04. The molecule has 1 N–H and O–H groups in total. The molecule has 6 nitrogen and oxygen atoms in total. The molecule has 3 heterocycles. The molecule has 0 spiro atoms. The number of nitrogens with one attached hydrogen (secondary N) is 1. The number of hydrogen-bond acceptors (Lipinski definition) is 7. The van der Waals surface area contributed by atoms with Gasteiger partial charge in [-0.1, -0.05) is 23.7 Å². The highest BCUT2D eigenvalue weighted by molar-refractivity contribution is 8.18. The van der Waals surface area contributed by atoms with Crippen LogP contribution in [-0.4, -0.2) is 39.1 Å². The van der Waals surface area contributed by atoms with Crippen LogP contribution >= 0.6 is 34.7 Å². The van der Waals surface area contributed by atoms with Crippen LogP contribution in [0.15, 0.2) is 46.9 Å². The Morgan fingerprint density at radius 2 is 1.96 bits per heavy atom. The summed E-state index contributed by atoms with van der Waals surface area (Å²) in [5, 5.41) is 6.40. The highest BCUT2D eigenvalue weighted by Gasteiger charge is 2.34. The van der Waals surface area contributed by atoms with Crippen molar-refractivity contribution in [3.63, 3.8) is 0 Å². The number of thiophene rings is 1. The van der Waals surface area contributed by atoms with Crippen molar-refractivity contribution in [2.24, 2.45) is 0 Å². The van der Waals surface area contributed by atoms with Gasteiger partial charge in [0.25, 0.3) is 11.1 Å². The van der Waals surface area contributed by atoms with Crippen molar-refractivity contribution in [2.45, 2.75) is 0 Å². The Morgan fingerprint density at radius 1 is 1.15 bits per heavy atom. The molecule has 136 valence electrons. The number of rotatable bonds is 5. The van der Waals surface area contributed by atoms with E-state index in [1.54, 1.807) is 30.3 Å². The zero-order valence-corrected chi connectivity index (χ0v) is 16.3. The van der Waals surface area contributed by atoms with Gasteiger partial charge in [0.15, 0.2) is 0 Å². The fraction of sp³-hybridized carbons (Fsp3) is 0.111. The molecule has 0 bridgehead atoms. The first-order chi connectivity index (χ1) is 13.1. The van der Waals surface area contributed by atoms with Crippen molar-refractivity contribution >= 4 is 68.0 Å². The fourth-order valence-electron chi connectivity index (χ4n) is 2.62. The van der Waals surface area contributed by atoms with E-state index in [-0.39, 0.29) is 17.7 Å². The van der Waals surface area contributed by atoms with Gasteiger partial charge in [0.2, 0.25) is 0 Å². The SMILES string of the molecule is O=C1S/C(=C/c2ccc(Cl)cc2)C(=O)N1CCNc1ncnc2sccc12. The van der Waals surface area contributed by atoms with E-state index in [2.05, 4.69) is 15.3 Å². The van der Waals surface area contributed by atoms with Crippen LogP contribution in [0.2, 0.25) is 5.02 Å². The number of carbonyl (C=O) groups excluding carboxylic acids is 2. The summed E-state index contributed by atoms with van der Waals surface area (Å²) in [5.74, 6) is 0.412. The molecule has 1 aliphatic rings. The van der Waals surface area contributed by atoms with E-state index in [1.807, 2.05) is 11.4 Å². The number of hydrogen-bond donors (Lipinski definition) is 1. The summed E-state index contributed by atoms with van der Waals surface area (Å²) >= 11 is 8.35. The molecule has 1 aliphatic heterocycles. The quantitative estimate of drug-likeness (QED) is 0.617. The van der Waals surface area contributed by atoms with Crippen molar-refractivity contribution in [1.82, 2.24) is 14.9 Å². The molecule has 1 fully saturated rings. The zero-order chi connectivity index (χ0) is 18.8. The molecular weight excluding hydrogens is 404 g/mol. The van der Waals surface area contributed by atoms with Crippen LogP contribution in [0.1, 0.15) is 5.56 Å². The van der Waals surface area contributed by atoms with Crippen LogP contribution in [0.3, 0.4) is 0 Å². The summed E-state index contributed by atoms with van der Waals surface area (Å²) in [7, 11) is 0. The second kappa shape index (κ2) is 7.67. The molecule has 3 aromatic rings. The van der Waals surface area contributed by atoms with Crippen molar-refractivity contribution in [2.75, 3.05) is 18.4 Å². The van der Waals surface area contributed by atoms with Gasteiger partial charge in [-0.15, -0.1) is 11.3 Å². The third kappa shape index (κ3) is 3.83. The Labute approximate surface area is 168 Å². The van der Waals surface area contributed by atoms with Gasteiger partial charge in [0, 0.05) is 18.1 Å². The average molecular weight is 417 g/mol. The van der Waals surface area contributed by atoms with Crippen LogP contribution in [0.25, 0.3) is 16.3 Å². The average Bonchev–Trinajstić information content (AvgIpc) is 3.24.